The Labute approximate surface area is 184 Å². The number of likely N-dealkylation sites (N-methyl/N-ethyl adjacent to an activating group) is 1. The second-order valence-corrected chi connectivity index (χ2v) is 8.85. The van der Waals surface area contributed by atoms with Gasteiger partial charge in [0.25, 0.3) is 0 Å². The Morgan fingerprint density at radius 3 is 2.39 bits per heavy atom. The first-order chi connectivity index (χ1) is 14.9. The molecule has 1 unspecified atom stereocenters. The molecular formula is C24H31N5O2. The van der Waals surface area contributed by atoms with Gasteiger partial charge in [0.2, 0.25) is 5.91 Å². The first kappa shape index (κ1) is 21.3. The second-order valence-electron chi connectivity index (χ2n) is 8.85. The van der Waals surface area contributed by atoms with E-state index in [4.69, 9.17) is 0 Å². The number of amides is 3. The molecule has 7 nitrogen and oxygen atoms in total. The van der Waals surface area contributed by atoms with Crippen LogP contribution in [0.25, 0.3) is 0 Å². The predicted octanol–water partition coefficient (Wildman–Crippen LogP) is 2.98. The molecule has 2 aliphatic rings. The van der Waals surface area contributed by atoms with Gasteiger partial charge >= 0.3 is 6.03 Å². The SMILES string of the molecule is C[C@@H](C(=O)N1CCC(c2ccc(NC(=O)N3CC(c4cccnc4)C3)cc2)C1)N(C)C. The molecule has 2 fully saturated rings. The molecule has 2 atom stereocenters. The molecule has 1 N–H and O–H groups in total. The van der Waals surface area contributed by atoms with Crippen LogP contribution < -0.4 is 5.32 Å². The molecule has 2 aromatic rings. The van der Waals surface area contributed by atoms with Gasteiger partial charge in [-0.15, -0.1) is 0 Å². The Morgan fingerprint density at radius 2 is 1.74 bits per heavy atom. The standard InChI is InChI=1S/C24H31N5O2/c1-17(27(2)3)23(30)28-12-10-20(14-28)18-6-8-22(9-7-18)26-24(31)29-15-21(16-29)19-5-4-11-25-13-19/h4-9,11,13,17,20-21H,10,12,14-16H2,1-3H3,(H,26,31)/t17-,20?/m0/s1. The highest BCUT2D eigenvalue weighted by Gasteiger charge is 2.32. The minimum Gasteiger partial charge on any atom is -0.341 e. The third-order valence-electron chi connectivity index (χ3n) is 6.59. The zero-order valence-corrected chi connectivity index (χ0v) is 18.5. The number of urea groups is 1. The number of hydrogen-bond donors (Lipinski definition) is 1. The van der Waals surface area contributed by atoms with Crippen molar-refractivity contribution in [2.75, 3.05) is 45.6 Å². The number of carbonyl (C=O) groups excluding carboxylic acids is 2. The number of hydrogen-bond acceptors (Lipinski definition) is 4. The Hall–Kier alpha value is -2.93. The smallest absolute Gasteiger partial charge is 0.321 e. The molecule has 0 aliphatic carbocycles. The van der Waals surface area contributed by atoms with Crippen molar-refractivity contribution in [1.82, 2.24) is 19.7 Å². The number of likely N-dealkylation sites (tertiary alicyclic amines) is 2. The van der Waals surface area contributed by atoms with E-state index in [9.17, 15) is 9.59 Å². The Morgan fingerprint density at radius 1 is 1.03 bits per heavy atom. The molecule has 2 aliphatic heterocycles. The van der Waals surface area contributed by atoms with Crippen LogP contribution >= 0.6 is 0 Å². The Balaban J connectivity index is 1.27. The first-order valence-electron chi connectivity index (χ1n) is 10.9. The molecule has 31 heavy (non-hydrogen) atoms. The molecule has 1 aromatic carbocycles. The second kappa shape index (κ2) is 9.06. The fourth-order valence-electron chi connectivity index (χ4n) is 4.23. The summed E-state index contributed by atoms with van der Waals surface area (Å²) in [6.07, 6.45) is 4.61. The number of anilines is 1. The van der Waals surface area contributed by atoms with Crippen LogP contribution in [0.3, 0.4) is 0 Å². The van der Waals surface area contributed by atoms with E-state index in [0.29, 0.717) is 24.9 Å². The van der Waals surface area contributed by atoms with Crippen molar-refractivity contribution in [2.24, 2.45) is 0 Å². The molecule has 3 amide bonds. The van der Waals surface area contributed by atoms with Crippen molar-refractivity contribution in [2.45, 2.75) is 31.2 Å². The fourth-order valence-corrected chi connectivity index (χ4v) is 4.23. The number of aromatic nitrogens is 1. The van der Waals surface area contributed by atoms with Gasteiger partial charge in [-0.05, 0) is 56.8 Å². The number of benzene rings is 1. The summed E-state index contributed by atoms with van der Waals surface area (Å²) < 4.78 is 0. The summed E-state index contributed by atoms with van der Waals surface area (Å²) in [5.74, 6) is 0.902. The minimum atomic E-state index is -0.101. The first-order valence-corrected chi connectivity index (χ1v) is 10.9. The number of nitrogens with one attached hydrogen (secondary N) is 1. The topological polar surface area (TPSA) is 68.8 Å². The predicted molar refractivity (Wildman–Crippen MR) is 121 cm³/mol. The summed E-state index contributed by atoms with van der Waals surface area (Å²) in [6.45, 7) is 4.93. The van der Waals surface area contributed by atoms with Crippen LogP contribution in [0.1, 0.15) is 36.3 Å². The number of pyridine rings is 1. The highest BCUT2D eigenvalue weighted by atomic mass is 16.2. The van der Waals surface area contributed by atoms with E-state index in [1.807, 2.05) is 60.1 Å². The molecule has 164 valence electrons. The third-order valence-corrected chi connectivity index (χ3v) is 6.59. The molecule has 2 saturated heterocycles. The average molecular weight is 422 g/mol. The molecule has 7 heteroatoms. The summed E-state index contributed by atoms with van der Waals surface area (Å²) in [4.78, 5) is 35.0. The van der Waals surface area contributed by atoms with E-state index >= 15 is 0 Å². The van der Waals surface area contributed by atoms with Crippen molar-refractivity contribution >= 4 is 17.6 Å². The van der Waals surface area contributed by atoms with Crippen molar-refractivity contribution in [1.29, 1.82) is 0 Å². The fraction of sp³-hybridized carbons (Fsp3) is 0.458. The maximum atomic E-state index is 12.6. The summed E-state index contributed by atoms with van der Waals surface area (Å²) in [5.41, 5.74) is 3.19. The molecule has 0 radical (unpaired) electrons. The summed E-state index contributed by atoms with van der Waals surface area (Å²) >= 11 is 0. The van der Waals surface area contributed by atoms with Crippen molar-refractivity contribution in [3.05, 3.63) is 59.9 Å². The maximum absolute atomic E-state index is 12.6. The summed E-state index contributed by atoms with van der Waals surface area (Å²) in [6, 6.07) is 11.9. The van der Waals surface area contributed by atoms with Crippen LogP contribution in [-0.2, 0) is 4.79 Å². The largest absolute Gasteiger partial charge is 0.341 e. The highest BCUT2D eigenvalue weighted by molar-refractivity contribution is 5.90. The van der Waals surface area contributed by atoms with Gasteiger partial charge < -0.3 is 15.1 Å². The van der Waals surface area contributed by atoms with E-state index < -0.39 is 0 Å². The molecule has 0 bridgehead atoms. The van der Waals surface area contributed by atoms with Crippen LogP contribution in [0.15, 0.2) is 48.8 Å². The molecular weight excluding hydrogens is 390 g/mol. The van der Waals surface area contributed by atoms with Gasteiger partial charge in [-0.25, -0.2) is 4.79 Å². The van der Waals surface area contributed by atoms with Gasteiger partial charge in [0.05, 0.1) is 6.04 Å². The zero-order valence-electron chi connectivity index (χ0n) is 18.5. The van der Waals surface area contributed by atoms with Crippen LogP contribution in [0.4, 0.5) is 10.5 Å². The quantitative estimate of drug-likeness (QED) is 0.806. The Bertz CT molecular complexity index is 909. The maximum Gasteiger partial charge on any atom is 0.321 e. The lowest BCUT2D eigenvalue weighted by Gasteiger charge is -2.39. The summed E-state index contributed by atoms with van der Waals surface area (Å²) in [5, 5.41) is 2.99. The monoisotopic (exact) mass is 421 g/mol. The van der Waals surface area contributed by atoms with Crippen LogP contribution in [0, 0.1) is 0 Å². The molecule has 0 saturated carbocycles. The molecule has 1 aromatic heterocycles. The van der Waals surface area contributed by atoms with Gasteiger partial charge in [-0.3, -0.25) is 14.7 Å². The van der Waals surface area contributed by atoms with Gasteiger partial charge in [0.15, 0.2) is 0 Å². The van der Waals surface area contributed by atoms with Gasteiger partial charge in [0, 0.05) is 56.1 Å². The van der Waals surface area contributed by atoms with Crippen molar-refractivity contribution in [3.63, 3.8) is 0 Å². The van der Waals surface area contributed by atoms with Crippen LogP contribution in [0.5, 0.6) is 0 Å². The normalized spacial score (nSPS) is 19.9. The van der Waals surface area contributed by atoms with E-state index in [-0.39, 0.29) is 18.0 Å². The lowest BCUT2D eigenvalue weighted by molar-refractivity contribution is -0.134. The lowest BCUT2D eigenvalue weighted by atomic mass is 9.93. The lowest BCUT2D eigenvalue weighted by Crippen LogP contribution is -2.50. The average Bonchev–Trinajstić information content (AvgIpc) is 3.23. The van der Waals surface area contributed by atoms with E-state index in [2.05, 4.69) is 28.5 Å². The van der Waals surface area contributed by atoms with Crippen molar-refractivity contribution in [3.8, 4) is 0 Å². The van der Waals surface area contributed by atoms with E-state index in [0.717, 1.165) is 25.2 Å². The van der Waals surface area contributed by atoms with Gasteiger partial charge in [-0.2, -0.15) is 0 Å². The number of carbonyl (C=O) groups is 2. The van der Waals surface area contributed by atoms with Gasteiger partial charge in [0.1, 0.15) is 0 Å². The highest BCUT2D eigenvalue weighted by Crippen LogP contribution is 2.30. The minimum absolute atomic E-state index is 0.0665. The van der Waals surface area contributed by atoms with Crippen molar-refractivity contribution < 1.29 is 9.59 Å². The number of rotatable bonds is 5. The summed E-state index contributed by atoms with van der Waals surface area (Å²) in [7, 11) is 3.87. The van der Waals surface area contributed by atoms with Crippen LogP contribution in [-0.4, -0.2) is 77.9 Å². The molecule has 0 spiro atoms. The van der Waals surface area contributed by atoms with E-state index in [1.165, 1.54) is 11.1 Å². The van der Waals surface area contributed by atoms with Gasteiger partial charge in [-0.1, -0.05) is 18.2 Å². The zero-order chi connectivity index (χ0) is 22.0. The Kier molecular flexibility index (Phi) is 6.23. The van der Waals surface area contributed by atoms with E-state index in [1.54, 1.807) is 6.20 Å². The van der Waals surface area contributed by atoms with Crippen LogP contribution in [0.2, 0.25) is 0 Å². The molecule has 4 rings (SSSR count). The molecule has 3 heterocycles. The number of nitrogens with zero attached hydrogens (tertiary/aromatic N) is 4. The third kappa shape index (κ3) is 4.71.